The van der Waals surface area contributed by atoms with Gasteiger partial charge in [-0.1, -0.05) is 23.7 Å². The Bertz CT molecular complexity index is 1370. The lowest BCUT2D eigenvalue weighted by Crippen LogP contribution is -2.23. The molecule has 0 radical (unpaired) electrons. The molecule has 1 saturated carbocycles. The Morgan fingerprint density at radius 3 is 2.59 bits per heavy atom. The fraction of sp³-hybridized carbons (Fsp3) is 0.304. The van der Waals surface area contributed by atoms with E-state index in [-0.39, 0.29) is 12.3 Å². The average molecular weight is 451 g/mol. The van der Waals surface area contributed by atoms with Crippen molar-refractivity contribution in [2.45, 2.75) is 32.3 Å². The quantitative estimate of drug-likeness (QED) is 0.446. The normalized spacial score (nSPS) is 13.5. The van der Waals surface area contributed by atoms with E-state index in [9.17, 15) is 4.79 Å². The SMILES string of the molecule is Cc1cn(C)nc1-c1ccc(OCc2c(C3CC3)cccc2-n2nnn(C)c2=O)c(Cl)c1. The predicted molar refractivity (Wildman–Crippen MR) is 121 cm³/mol. The minimum atomic E-state index is -0.299. The van der Waals surface area contributed by atoms with Crippen LogP contribution in [0.3, 0.4) is 0 Å². The number of hydrogen-bond donors (Lipinski definition) is 0. The first kappa shape index (κ1) is 20.5. The van der Waals surface area contributed by atoms with Crippen LogP contribution in [0.5, 0.6) is 5.75 Å². The number of halogens is 1. The summed E-state index contributed by atoms with van der Waals surface area (Å²) in [5.74, 6) is 1.05. The Balaban J connectivity index is 1.47. The van der Waals surface area contributed by atoms with Crippen LogP contribution in [0.4, 0.5) is 0 Å². The van der Waals surface area contributed by atoms with E-state index in [1.807, 2.05) is 50.5 Å². The number of ether oxygens (including phenoxy) is 1. The molecule has 1 aliphatic rings. The first-order valence-electron chi connectivity index (χ1n) is 10.5. The standard InChI is InChI=1S/C23H23ClN6O2/c1-14-12-28(2)25-22(14)16-9-10-21(19(24)11-16)32-13-18-17(15-7-8-15)5-4-6-20(18)30-23(31)29(3)26-27-30/h4-6,9-12,15H,7-8,13H2,1-3H3. The van der Waals surface area contributed by atoms with E-state index >= 15 is 0 Å². The van der Waals surface area contributed by atoms with E-state index < -0.39 is 0 Å². The van der Waals surface area contributed by atoms with Gasteiger partial charge in [0.1, 0.15) is 12.4 Å². The molecule has 164 valence electrons. The number of tetrazole rings is 1. The lowest BCUT2D eigenvalue weighted by molar-refractivity contribution is 0.304. The highest BCUT2D eigenvalue weighted by atomic mass is 35.5. The average Bonchev–Trinajstić information content (AvgIpc) is 3.49. The van der Waals surface area contributed by atoms with Crippen molar-refractivity contribution < 1.29 is 4.74 Å². The first-order chi connectivity index (χ1) is 15.4. The Labute approximate surface area is 190 Å². The van der Waals surface area contributed by atoms with Gasteiger partial charge in [-0.25, -0.2) is 4.79 Å². The van der Waals surface area contributed by atoms with Gasteiger partial charge in [-0.2, -0.15) is 14.5 Å². The molecule has 9 heteroatoms. The molecule has 0 atom stereocenters. The van der Waals surface area contributed by atoms with Crippen molar-refractivity contribution in [3.8, 4) is 22.7 Å². The fourth-order valence-corrected chi connectivity index (χ4v) is 4.23. The molecular weight excluding hydrogens is 428 g/mol. The van der Waals surface area contributed by atoms with Crippen molar-refractivity contribution in [2.24, 2.45) is 14.1 Å². The summed E-state index contributed by atoms with van der Waals surface area (Å²) in [7, 11) is 3.48. The molecule has 0 spiro atoms. The van der Waals surface area contributed by atoms with Crippen LogP contribution in [0.1, 0.15) is 35.4 Å². The zero-order chi connectivity index (χ0) is 22.4. The van der Waals surface area contributed by atoms with Gasteiger partial charge in [0, 0.05) is 31.4 Å². The topological polar surface area (TPSA) is 79.8 Å². The van der Waals surface area contributed by atoms with Crippen molar-refractivity contribution in [3.05, 3.63) is 74.8 Å². The van der Waals surface area contributed by atoms with Crippen LogP contribution >= 0.6 is 11.6 Å². The van der Waals surface area contributed by atoms with Crippen LogP contribution in [0.25, 0.3) is 16.9 Å². The molecule has 0 aliphatic heterocycles. The highest BCUT2D eigenvalue weighted by Gasteiger charge is 2.28. The third-order valence-corrected chi connectivity index (χ3v) is 6.04. The number of rotatable bonds is 6. The minimum Gasteiger partial charge on any atom is -0.487 e. The second kappa shape index (κ2) is 7.94. The van der Waals surface area contributed by atoms with Crippen LogP contribution in [0.15, 0.2) is 47.4 Å². The Morgan fingerprint density at radius 1 is 1.16 bits per heavy atom. The van der Waals surface area contributed by atoms with Gasteiger partial charge in [0.05, 0.1) is 16.4 Å². The maximum atomic E-state index is 12.5. The van der Waals surface area contributed by atoms with E-state index in [2.05, 4.69) is 21.6 Å². The Morgan fingerprint density at radius 2 is 1.97 bits per heavy atom. The first-order valence-corrected chi connectivity index (χ1v) is 10.8. The molecular formula is C23H23ClN6O2. The van der Waals surface area contributed by atoms with Crippen LogP contribution in [-0.4, -0.2) is 29.6 Å². The van der Waals surface area contributed by atoms with Gasteiger partial charge in [0.15, 0.2) is 0 Å². The maximum absolute atomic E-state index is 12.5. The molecule has 0 saturated heterocycles. The van der Waals surface area contributed by atoms with E-state index in [1.165, 1.54) is 14.9 Å². The summed E-state index contributed by atoms with van der Waals surface area (Å²) in [5.41, 5.74) is 5.40. The molecule has 32 heavy (non-hydrogen) atoms. The number of benzene rings is 2. The maximum Gasteiger partial charge on any atom is 0.368 e. The van der Waals surface area contributed by atoms with Gasteiger partial charge >= 0.3 is 5.69 Å². The number of nitrogens with zero attached hydrogens (tertiary/aromatic N) is 6. The van der Waals surface area contributed by atoms with Crippen molar-refractivity contribution in [1.29, 1.82) is 0 Å². The van der Waals surface area contributed by atoms with Crippen molar-refractivity contribution in [2.75, 3.05) is 0 Å². The van der Waals surface area contributed by atoms with Gasteiger partial charge in [-0.3, -0.25) is 4.68 Å². The molecule has 1 fully saturated rings. The van der Waals surface area contributed by atoms with E-state index in [0.29, 0.717) is 22.4 Å². The van der Waals surface area contributed by atoms with Crippen LogP contribution < -0.4 is 10.4 Å². The Hall–Kier alpha value is -3.39. The zero-order valence-corrected chi connectivity index (χ0v) is 18.9. The number of aromatic nitrogens is 6. The third kappa shape index (κ3) is 3.71. The molecule has 0 bridgehead atoms. The van der Waals surface area contributed by atoms with Crippen LogP contribution in [0.2, 0.25) is 5.02 Å². The summed E-state index contributed by atoms with van der Waals surface area (Å²) in [4.78, 5) is 12.5. The molecule has 8 nitrogen and oxygen atoms in total. The smallest absolute Gasteiger partial charge is 0.368 e. The molecule has 4 aromatic rings. The van der Waals surface area contributed by atoms with Crippen molar-refractivity contribution in [3.63, 3.8) is 0 Å². The van der Waals surface area contributed by atoms with E-state index in [0.717, 1.165) is 35.2 Å². The highest BCUT2D eigenvalue weighted by Crippen LogP contribution is 2.43. The van der Waals surface area contributed by atoms with Crippen molar-refractivity contribution in [1.82, 2.24) is 29.6 Å². The molecule has 0 unspecified atom stereocenters. The summed E-state index contributed by atoms with van der Waals surface area (Å²) in [6.45, 7) is 2.29. The molecule has 2 heterocycles. The minimum absolute atomic E-state index is 0.271. The van der Waals surface area contributed by atoms with Crippen molar-refractivity contribution >= 4 is 11.6 Å². The van der Waals surface area contributed by atoms with Crippen LogP contribution in [-0.2, 0) is 20.7 Å². The van der Waals surface area contributed by atoms with E-state index in [4.69, 9.17) is 16.3 Å². The third-order valence-electron chi connectivity index (χ3n) is 5.74. The van der Waals surface area contributed by atoms with E-state index in [1.54, 1.807) is 11.7 Å². The summed E-state index contributed by atoms with van der Waals surface area (Å²) >= 11 is 6.56. The van der Waals surface area contributed by atoms with Gasteiger partial charge in [-0.05, 0) is 71.5 Å². The zero-order valence-electron chi connectivity index (χ0n) is 18.1. The number of aryl methyl sites for hydroxylation is 3. The van der Waals surface area contributed by atoms with Gasteiger partial charge < -0.3 is 4.74 Å². The summed E-state index contributed by atoms with van der Waals surface area (Å²) in [6.07, 6.45) is 4.23. The summed E-state index contributed by atoms with van der Waals surface area (Å²) < 4.78 is 10.5. The van der Waals surface area contributed by atoms with Gasteiger partial charge in [-0.15, -0.1) is 0 Å². The Kier molecular flexibility index (Phi) is 5.09. The number of hydrogen-bond acceptors (Lipinski definition) is 5. The fourth-order valence-electron chi connectivity index (χ4n) is 4.00. The molecule has 0 amide bonds. The highest BCUT2D eigenvalue weighted by molar-refractivity contribution is 6.32. The molecule has 1 aliphatic carbocycles. The van der Waals surface area contributed by atoms with Gasteiger partial charge in [0.2, 0.25) is 0 Å². The lowest BCUT2D eigenvalue weighted by atomic mass is 10.0. The molecule has 2 aromatic heterocycles. The predicted octanol–water partition coefficient (Wildman–Crippen LogP) is 3.78. The molecule has 0 N–H and O–H groups in total. The van der Waals surface area contributed by atoms with Gasteiger partial charge in [0.25, 0.3) is 0 Å². The lowest BCUT2D eigenvalue weighted by Gasteiger charge is -2.15. The molecule has 2 aromatic carbocycles. The summed E-state index contributed by atoms with van der Waals surface area (Å²) in [6, 6.07) is 11.6. The monoisotopic (exact) mass is 450 g/mol. The second-order valence-electron chi connectivity index (χ2n) is 8.18. The largest absolute Gasteiger partial charge is 0.487 e. The summed E-state index contributed by atoms with van der Waals surface area (Å²) in [5, 5.41) is 12.9. The second-order valence-corrected chi connectivity index (χ2v) is 8.59. The van der Waals surface area contributed by atoms with Crippen LogP contribution in [0, 0.1) is 6.92 Å². The molecule has 5 rings (SSSR count).